The highest BCUT2D eigenvalue weighted by Gasteiger charge is 2.41. The number of carbonyl (C=O) groups is 1. The molecule has 0 aliphatic carbocycles. The van der Waals surface area contributed by atoms with Crippen LogP contribution in [-0.2, 0) is 11.2 Å². The summed E-state index contributed by atoms with van der Waals surface area (Å²) in [7, 11) is 1.51. The van der Waals surface area contributed by atoms with Gasteiger partial charge in [0.2, 0.25) is 5.88 Å². The Kier molecular flexibility index (Phi) is 9.60. The summed E-state index contributed by atoms with van der Waals surface area (Å²) in [6.07, 6.45) is 1.86. The number of carbonyl (C=O) groups excluding carboxylic acids is 1. The smallest absolute Gasteiger partial charge is 0.410 e. The van der Waals surface area contributed by atoms with Crippen LogP contribution < -0.4 is 9.47 Å². The van der Waals surface area contributed by atoms with E-state index in [-0.39, 0.29) is 38.0 Å². The van der Waals surface area contributed by atoms with Gasteiger partial charge in [-0.25, -0.2) is 18.6 Å². The quantitative estimate of drug-likeness (QED) is 0.273. The molecule has 0 spiro atoms. The number of hydrogen-bond donors (Lipinski definition) is 1. The van der Waals surface area contributed by atoms with Crippen molar-refractivity contribution in [1.29, 1.82) is 0 Å². The number of ether oxygens (including phenoxy) is 3. The van der Waals surface area contributed by atoms with Gasteiger partial charge < -0.3 is 24.1 Å². The zero-order valence-electron chi connectivity index (χ0n) is 25.2. The molecule has 4 rings (SSSR count). The largest absolute Gasteiger partial charge is 0.496 e. The number of H-pyrrole nitrogens is 1. The molecule has 1 N–H and O–H groups in total. The van der Waals surface area contributed by atoms with E-state index in [4.69, 9.17) is 14.2 Å². The van der Waals surface area contributed by atoms with Crippen LogP contribution >= 0.6 is 0 Å². The van der Waals surface area contributed by atoms with Crippen molar-refractivity contribution < 1.29 is 32.2 Å². The summed E-state index contributed by atoms with van der Waals surface area (Å²) in [6.45, 7) is 7.63. The van der Waals surface area contributed by atoms with Crippen LogP contribution in [0, 0.1) is 0 Å². The number of aromatic amines is 1. The maximum Gasteiger partial charge on any atom is 0.410 e. The van der Waals surface area contributed by atoms with Crippen molar-refractivity contribution >= 4 is 17.0 Å². The molecular formula is C31H41F3N4O4. The lowest BCUT2D eigenvalue weighted by Crippen LogP contribution is -2.47. The van der Waals surface area contributed by atoms with Crippen molar-refractivity contribution in [3.63, 3.8) is 0 Å². The molecule has 11 heteroatoms. The molecule has 230 valence electrons. The van der Waals surface area contributed by atoms with Gasteiger partial charge in [0, 0.05) is 53.9 Å². The second-order valence-electron chi connectivity index (χ2n) is 11.9. The molecule has 1 amide bonds. The highest BCUT2D eigenvalue weighted by atomic mass is 19.3. The SMILES string of the molecule is COc1cc(OCCN(CCCF)C(=O)OC(C)(C)C)ncc1[C@@H]1c2[nH]c3ccccc3c2C[C@@H](C)N1CC(C)(F)F. The molecule has 0 fully saturated rings. The first-order chi connectivity index (χ1) is 19.8. The number of alkyl halides is 3. The lowest BCUT2D eigenvalue weighted by atomic mass is 9.88. The number of pyridine rings is 1. The first-order valence-corrected chi connectivity index (χ1v) is 14.2. The fourth-order valence-corrected chi connectivity index (χ4v) is 5.43. The summed E-state index contributed by atoms with van der Waals surface area (Å²) >= 11 is 0. The van der Waals surface area contributed by atoms with Gasteiger partial charge in [-0.2, -0.15) is 0 Å². The van der Waals surface area contributed by atoms with Crippen LogP contribution in [0.25, 0.3) is 10.9 Å². The molecule has 42 heavy (non-hydrogen) atoms. The first kappa shape index (κ1) is 31.5. The van der Waals surface area contributed by atoms with Crippen molar-refractivity contribution in [2.45, 2.75) is 71.1 Å². The molecule has 8 nitrogen and oxygen atoms in total. The molecule has 3 aromatic rings. The van der Waals surface area contributed by atoms with Gasteiger partial charge in [0.1, 0.15) is 18.0 Å². The highest BCUT2D eigenvalue weighted by molar-refractivity contribution is 5.85. The zero-order chi connectivity index (χ0) is 30.7. The fraction of sp³-hybridized carbons (Fsp3) is 0.548. The van der Waals surface area contributed by atoms with E-state index in [9.17, 15) is 18.0 Å². The van der Waals surface area contributed by atoms with Crippen LogP contribution in [0.1, 0.15) is 63.9 Å². The predicted octanol–water partition coefficient (Wildman–Crippen LogP) is 6.54. The molecule has 1 aliphatic heterocycles. The zero-order valence-corrected chi connectivity index (χ0v) is 25.2. The minimum Gasteiger partial charge on any atom is -0.496 e. The van der Waals surface area contributed by atoms with E-state index >= 15 is 0 Å². The summed E-state index contributed by atoms with van der Waals surface area (Å²) < 4.78 is 58.8. The standard InChI is InChI=1S/C31H41F3N4O4/c1-20-16-22-21-10-7-8-11-24(21)36-27(22)28(38(20)19-31(5,33)34)23-18-35-26(17-25(23)40-6)41-15-14-37(13-9-12-32)29(39)42-30(2,3)4/h7-8,10-11,17-18,20,28,36H,9,12-16,19H2,1-6H3/t20-,28-/m1/s1. The van der Waals surface area contributed by atoms with Gasteiger partial charge in [-0.3, -0.25) is 9.29 Å². The minimum absolute atomic E-state index is 0.0852. The number of para-hydroxylation sites is 1. The van der Waals surface area contributed by atoms with E-state index < -0.39 is 36.9 Å². The van der Waals surface area contributed by atoms with E-state index in [1.165, 1.54) is 12.0 Å². The van der Waals surface area contributed by atoms with Crippen LogP contribution in [0.2, 0.25) is 0 Å². The van der Waals surface area contributed by atoms with Gasteiger partial charge in [0.15, 0.2) is 0 Å². The topological polar surface area (TPSA) is 79.9 Å². The van der Waals surface area contributed by atoms with E-state index in [2.05, 4.69) is 9.97 Å². The Morgan fingerprint density at radius 1 is 1.19 bits per heavy atom. The average molecular weight is 591 g/mol. The Morgan fingerprint density at radius 3 is 2.60 bits per heavy atom. The Labute approximate surface area is 245 Å². The van der Waals surface area contributed by atoms with E-state index in [0.717, 1.165) is 29.1 Å². The van der Waals surface area contributed by atoms with Crippen LogP contribution in [0.15, 0.2) is 36.5 Å². The molecule has 0 radical (unpaired) electrons. The number of rotatable bonds is 11. The fourth-order valence-electron chi connectivity index (χ4n) is 5.43. The number of methoxy groups -OCH3 is 1. The minimum atomic E-state index is -2.91. The number of nitrogens with one attached hydrogen (secondary N) is 1. The molecule has 0 unspecified atom stereocenters. The van der Waals surface area contributed by atoms with Crippen molar-refractivity contribution in [3.8, 4) is 11.6 Å². The third-order valence-electron chi connectivity index (χ3n) is 7.19. The maximum atomic E-state index is 14.4. The maximum absolute atomic E-state index is 14.4. The van der Waals surface area contributed by atoms with Gasteiger partial charge >= 0.3 is 6.09 Å². The summed E-state index contributed by atoms with van der Waals surface area (Å²) in [5, 5.41) is 1.07. The van der Waals surface area contributed by atoms with Crippen LogP contribution in [0.3, 0.4) is 0 Å². The Balaban J connectivity index is 1.61. The monoisotopic (exact) mass is 590 g/mol. The van der Waals surface area contributed by atoms with Crippen LogP contribution in [-0.4, -0.2) is 83.5 Å². The Bertz CT molecular complexity index is 1370. The highest BCUT2D eigenvalue weighted by Crippen LogP contribution is 2.44. The Hall–Kier alpha value is -3.47. The van der Waals surface area contributed by atoms with Crippen molar-refractivity contribution in [2.24, 2.45) is 0 Å². The van der Waals surface area contributed by atoms with Crippen molar-refractivity contribution in [2.75, 3.05) is 40.0 Å². The number of fused-ring (bicyclic) bond motifs is 3. The molecule has 2 aromatic heterocycles. The van der Waals surface area contributed by atoms with Gasteiger partial charge in [-0.15, -0.1) is 0 Å². The number of aromatic nitrogens is 2. The molecule has 3 heterocycles. The number of halogens is 3. The average Bonchev–Trinajstić information content (AvgIpc) is 3.27. The van der Waals surface area contributed by atoms with E-state index in [1.54, 1.807) is 37.9 Å². The van der Waals surface area contributed by atoms with Crippen LogP contribution in [0.5, 0.6) is 11.6 Å². The normalized spacial score (nSPS) is 17.6. The molecule has 1 aliphatic rings. The van der Waals surface area contributed by atoms with Gasteiger partial charge in [0.25, 0.3) is 5.92 Å². The van der Waals surface area contributed by atoms with Gasteiger partial charge in [-0.05, 0) is 52.2 Å². The second-order valence-corrected chi connectivity index (χ2v) is 11.9. The molecular weight excluding hydrogens is 549 g/mol. The van der Waals surface area contributed by atoms with E-state index in [1.807, 2.05) is 31.2 Å². The summed E-state index contributed by atoms with van der Waals surface area (Å²) in [6, 6.07) is 8.83. The second kappa shape index (κ2) is 12.8. The summed E-state index contributed by atoms with van der Waals surface area (Å²) in [4.78, 5) is 23.7. The van der Waals surface area contributed by atoms with Gasteiger partial charge in [0.05, 0.1) is 32.9 Å². The third-order valence-corrected chi connectivity index (χ3v) is 7.19. The molecule has 0 bridgehead atoms. The summed E-state index contributed by atoms with van der Waals surface area (Å²) in [5.41, 5.74) is 2.82. The van der Waals surface area contributed by atoms with Gasteiger partial charge in [-0.1, -0.05) is 18.2 Å². The van der Waals surface area contributed by atoms with E-state index in [0.29, 0.717) is 17.7 Å². The van der Waals surface area contributed by atoms with Crippen molar-refractivity contribution in [1.82, 2.24) is 19.8 Å². The predicted molar refractivity (Wildman–Crippen MR) is 155 cm³/mol. The number of amides is 1. The third kappa shape index (κ3) is 7.48. The van der Waals surface area contributed by atoms with Crippen molar-refractivity contribution in [3.05, 3.63) is 53.3 Å². The first-order valence-electron chi connectivity index (χ1n) is 14.2. The lowest BCUT2D eigenvalue weighted by Gasteiger charge is -2.42. The molecule has 1 aromatic carbocycles. The summed E-state index contributed by atoms with van der Waals surface area (Å²) in [5.74, 6) is -2.23. The lowest BCUT2D eigenvalue weighted by molar-refractivity contribution is -0.0369. The molecule has 0 saturated carbocycles. The molecule has 0 saturated heterocycles. The number of nitrogens with zero attached hydrogens (tertiary/aromatic N) is 3. The van der Waals surface area contributed by atoms with Crippen LogP contribution in [0.4, 0.5) is 18.0 Å². The number of hydrogen-bond acceptors (Lipinski definition) is 6. The number of benzene rings is 1. The Morgan fingerprint density at radius 2 is 1.93 bits per heavy atom. The molecule has 2 atom stereocenters.